The van der Waals surface area contributed by atoms with Gasteiger partial charge in [0.15, 0.2) is 12.1 Å². The molecule has 16 heavy (non-hydrogen) atoms. The van der Waals surface area contributed by atoms with E-state index in [0.717, 1.165) is 0 Å². The van der Waals surface area contributed by atoms with E-state index in [1.54, 1.807) is 26.0 Å². The lowest BCUT2D eigenvalue weighted by atomic mass is 10.2. The van der Waals surface area contributed by atoms with Crippen LogP contribution in [0.15, 0.2) is 12.2 Å². The van der Waals surface area contributed by atoms with Gasteiger partial charge >= 0.3 is 5.97 Å². The van der Waals surface area contributed by atoms with Crippen LogP contribution in [0.25, 0.3) is 0 Å². The molecule has 0 amide bonds. The maximum absolute atomic E-state index is 10.5. The first-order chi connectivity index (χ1) is 7.41. The van der Waals surface area contributed by atoms with Crippen molar-refractivity contribution in [2.45, 2.75) is 45.4 Å². The van der Waals surface area contributed by atoms with Crippen LogP contribution in [0.5, 0.6) is 0 Å². The Bertz CT molecular complexity index is 272. The lowest BCUT2D eigenvalue weighted by Gasteiger charge is -2.15. The zero-order valence-electron chi connectivity index (χ0n) is 9.80. The molecule has 1 aliphatic rings. The topological polar surface area (TPSA) is 65.0 Å². The number of ether oxygens (including phenoxy) is 3. The molecule has 0 bridgehead atoms. The molecule has 0 radical (unpaired) electrons. The van der Waals surface area contributed by atoms with Crippen LogP contribution in [0.2, 0.25) is 0 Å². The number of esters is 1. The van der Waals surface area contributed by atoms with Crippen molar-refractivity contribution in [3.05, 3.63) is 12.2 Å². The van der Waals surface area contributed by atoms with Gasteiger partial charge in [0.1, 0.15) is 12.7 Å². The smallest absolute Gasteiger partial charge is 0.302 e. The minimum atomic E-state index is -0.909. The lowest BCUT2D eigenvalue weighted by Crippen LogP contribution is -2.21. The van der Waals surface area contributed by atoms with E-state index in [1.165, 1.54) is 6.92 Å². The van der Waals surface area contributed by atoms with Crippen LogP contribution >= 0.6 is 0 Å². The largest absolute Gasteiger partial charge is 0.462 e. The molecular formula is C11H18O5. The average molecular weight is 230 g/mol. The molecule has 0 saturated carbocycles. The van der Waals surface area contributed by atoms with E-state index in [9.17, 15) is 9.90 Å². The highest BCUT2D eigenvalue weighted by Gasteiger charge is 2.39. The van der Waals surface area contributed by atoms with E-state index < -0.39 is 12.1 Å². The van der Waals surface area contributed by atoms with E-state index in [-0.39, 0.29) is 18.7 Å². The first kappa shape index (κ1) is 13.2. The van der Waals surface area contributed by atoms with Crippen molar-refractivity contribution in [2.24, 2.45) is 0 Å². The Morgan fingerprint density at radius 2 is 2.12 bits per heavy atom. The zero-order valence-corrected chi connectivity index (χ0v) is 9.80. The van der Waals surface area contributed by atoms with Crippen molar-refractivity contribution in [2.75, 3.05) is 6.61 Å². The minimum Gasteiger partial charge on any atom is -0.462 e. The highest BCUT2D eigenvalue weighted by Crippen LogP contribution is 2.28. The molecule has 5 nitrogen and oxygen atoms in total. The molecule has 1 rings (SSSR count). The Morgan fingerprint density at radius 1 is 1.44 bits per heavy atom. The summed E-state index contributed by atoms with van der Waals surface area (Å²) in [6, 6.07) is 0. The first-order valence-electron chi connectivity index (χ1n) is 5.23. The molecule has 0 aromatic heterocycles. The molecule has 92 valence electrons. The third kappa shape index (κ3) is 4.30. The lowest BCUT2D eigenvalue weighted by molar-refractivity contribution is -0.174. The maximum atomic E-state index is 10.5. The number of carbonyl (C=O) groups excluding carboxylic acids is 1. The summed E-state index contributed by atoms with van der Waals surface area (Å²) in [4.78, 5) is 10.5. The molecule has 0 spiro atoms. The molecule has 1 fully saturated rings. The Balaban J connectivity index is 2.25. The third-order valence-corrected chi connectivity index (χ3v) is 2.08. The molecular weight excluding hydrogens is 212 g/mol. The van der Waals surface area contributed by atoms with Gasteiger partial charge in [-0.2, -0.15) is 0 Å². The fourth-order valence-corrected chi connectivity index (χ4v) is 1.45. The zero-order chi connectivity index (χ0) is 12.2. The Kier molecular flexibility index (Phi) is 4.46. The van der Waals surface area contributed by atoms with Crippen molar-refractivity contribution in [1.82, 2.24) is 0 Å². The SMILES string of the molecule is CC(=O)OC/C=C/C[C@@H]1OC(C)(C)O[C@H]1O. The molecule has 5 heteroatoms. The van der Waals surface area contributed by atoms with Crippen molar-refractivity contribution in [1.29, 1.82) is 0 Å². The number of aliphatic hydroxyl groups is 1. The summed E-state index contributed by atoms with van der Waals surface area (Å²) in [5.74, 6) is -1.06. The van der Waals surface area contributed by atoms with Crippen molar-refractivity contribution < 1.29 is 24.1 Å². The van der Waals surface area contributed by atoms with Gasteiger partial charge in [-0.25, -0.2) is 0 Å². The summed E-state index contributed by atoms with van der Waals surface area (Å²) < 4.78 is 15.3. The first-order valence-corrected chi connectivity index (χ1v) is 5.23. The van der Waals surface area contributed by atoms with Gasteiger partial charge in [-0.15, -0.1) is 0 Å². The second-order valence-corrected chi connectivity index (χ2v) is 4.07. The van der Waals surface area contributed by atoms with E-state index in [0.29, 0.717) is 6.42 Å². The van der Waals surface area contributed by atoms with E-state index >= 15 is 0 Å². The highest BCUT2D eigenvalue weighted by molar-refractivity contribution is 5.65. The van der Waals surface area contributed by atoms with Gasteiger partial charge in [0.05, 0.1) is 0 Å². The third-order valence-electron chi connectivity index (χ3n) is 2.08. The normalized spacial score (nSPS) is 28.5. The Labute approximate surface area is 95.0 Å². The molecule has 0 aromatic rings. The monoisotopic (exact) mass is 230 g/mol. The summed E-state index contributed by atoms with van der Waals surface area (Å²) in [6.07, 6.45) is 2.74. The molecule has 1 aliphatic heterocycles. The van der Waals surface area contributed by atoms with Gasteiger partial charge in [-0.05, 0) is 20.3 Å². The van der Waals surface area contributed by atoms with Crippen LogP contribution < -0.4 is 0 Å². The molecule has 1 heterocycles. The predicted molar refractivity (Wildman–Crippen MR) is 56.4 cm³/mol. The second kappa shape index (κ2) is 5.43. The molecule has 1 saturated heterocycles. The number of hydrogen-bond acceptors (Lipinski definition) is 5. The summed E-state index contributed by atoms with van der Waals surface area (Å²) in [7, 11) is 0. The molecule has 0 aromatic carbocycles. The van der Waals surface area contributed by atoms with Crippen molar-refractivity contribution in [3.8, 4) is 0 Å². The number of aliphatic hydroxyl groups excluding tert-OH is 1. The van der Waals surface area contributed by atoms with Gasteiger partial charge in [-0.3, -0.25) is 4.79 Å². The van der Waals surface area contributed by atoms with E-state index in [2.05, 4.69) is 0 Å². The second-order valence-electron chi connectivity index (χ2n) is 4.07. The van der Waals surface area contributed by atoms with Crippen LogP contribution in [0.3, 0.4) is 0 Å². The highest BCUT2D eigenvalue weighted by atomic mass is 16.8. The maximum Gasteiger partial charge on any atom is 0.302 e. The average Bonchev–Trinajstić information content (AvgIpc) is 2.38. The molecule has 1 N–H and O–H groups in total. The number of hydrogen-bond donors (Lipinski definition) is 1. The van der Waals surface area contributed by atoms with Gasteiger partial charge in [0.25, 0.3) is 0 Å². The minimum absolute atomic E-state index is 0.238. The number of rotatable bonds is 4. The Hall–Kier alpha value is -0.910. The standard InChI is InChI=1S/C11H18O5/c1-8(12)14-7-5-4-6-9-10(13)16-11(2,3)15-9/h4-5,9-10,13H,6-7H2,1-3H3/b5-4+/t9-,10+/m0/s1. The van der Waals surface area contributed by atoms with Crippen LogP contribution in [-0.2, 0) is 19.0 Å². The summed E-state index contributed by atoms with van der Waals surface area (Å²) >= 11 is 0. The number of carbonyl (C=O) groups is 1. The van der Waals surface area contributed by atoms with Crippen LogP contribution in [0.1, 0.15) is 27.2 Å². The van der Waals surface area contributed by atoms with Crippen LogP contribution in [0, 0.1) is 0 Å². The summed E-state index contributed by atoms with van der Waals surface area (Å²) in [6.45, 7) is 5.09. The molecule has 0 aliphatic carbocycles. The van der Waals surface area contributed by atoms with E-state index in [4.69, 9.17) is 14.2 Å². The molecule has 0 unspecified atom stereocenters. The van der Waals surface area contributed by atoms with Crippen molar-refractivity contribution >= 4 is 5.97 Å². The summed E-state index contributed by atoms with van der Waals surface area (Å²) in [5.41, 5.74) is 0. The Morgan fingerprint density at radius 3 is 2.62 bits per heavy atom. The fourth-order valence-electron chi connectivity index (χ4n) is 1.45. The predicted octanol–water partition coefficient (Wildman–Crippen LogP) is 0.966. The summed E-state index contributed by atoms with van der Waals surface area (Å²) in [5, 5.41) is 9.50. The van der Waals surface area contributed by atoms with Crippen LogP contribution in [0.4, 0.5) is 0 Å². The van der Waals surface area contributed by atoms with Gasteiger partial charge in [-0.1, -0.05) is 12.2 Å². The van der Waals surface area contributed by atoms with Gasteiger partial charge < -0.3 is 19.3 Å². The quantitative estimate of drug-likeness (QED) is 0.575. The molecule has 2 atom stereocenters. The van der Waals surface area contributed by atoms with Crippen LogP contribution in [-0.4, -0.2) is 35.9 Å². The van der Waals surface area contributed by atoms with Gasteiger partial charge in [0.2, 0.25) is 0 Å². The van der Waals surface area contributed by atoms with E-state index in [1.807, 2.05) is 0 Å². The van der Waals surface area contributed by atoms with Crippen molar-refractivity contribution in [3.63, 3.8) is 0 Å². The fraction of sp³-hybridized carbons (Fsp3) is 0.727. The van der Waals surface area contributed by atoms with Gasteiger partial charge in [0, 0.05) is 6.92 Å².